The maximum atomic E-state index is 7.68. The summed E-state index contributed by atoms with van der Waals surface area (Å²) in [6.45, 7) is 10.7. The molecule has 6 rings (SSSR count). The summed E-state index contributed by atoms with van der Waals surface area (Å²) in [5.41, 5.74) is 11.0. The summed E-state index contributed by atoms with van der Waals surface area (Å²) >= 11 is 1.74. The zero-order valence-corrected chi connectivity index (χ0v) is 30.0. The first-order chi connectivity index (χ1) is 25.5. The minimum atomic E-state index is 0.0218. The SMILES string of the molecule is C=C/C(=C\C=C(/C)c1ccc(-c2ccncc2/C=C\c2cccnc2)c(/C=C\C=N)c1)C(=NC1C=CC=CC1)C(=C)/C=C\c1csc2ccccc12. The number of benzene rings is 2. The first-order valence-corrected chi connectivity index (χ1v) is 18.0. The average molecular weight is 693 g/mol. The molecular weight excluding hydrogens is 653 g/mol. The summed E-state index contributed by atoms with van der Waals surface area (Å²) in [5.74, 6) is 0. The predicted octanol–water partition coefficient (Wildman–Crippen LogP) is 12.3. The predicted molar refractivity (Wildman–Crippen MR) is 227 cm³/mol. The van der Waals surface area contributed by atoms with Crippen molar-refractivity contribution in [3.05, 3.63) is 198 Å². The van der Waals surface area contributed by atoms with Crippen LogP contribution in [-0.2, 0) is 0 Å². The molecule has 0 spiro atoms. The van der Waals surface area contributed by atoms with Crippen molar-refractivity contribution in [1.82, 2.24) is 9.97 Å². The topological polar surface area (TPSA) is 62.0 Å². The largest absolute Gasteiger partial charge is 0.309 e. The van der Waals surface area contributed by atoms with E-state index in [2.05, 4.69) is 127 Å². The number of rotatable bonds is 13. The van der Waals surface area contributed by atoms with Crippen molar-refractivity contribution >= 4 is 63.2 Å². The van der Waals surface area contributed by atoms with Crippen molar-refractivity contribution in [2.45, 2.75) is 19.4 Å². The molecule has 0 fully saturated rings. The fourth-order valence-electron chi connectivity index (χ4n) is 5.91. The molecule has 5 heteroatoms. The first-order valence-electron chi connectivity index (χ1n) is 17.1. The first kappa shape index (κ1) is 35.5. The normalized spacial score (nSPS) is 15.3. The van der Waals surface area contributed by atoms with Gasteiger partial charge in [0.05, 0.1) is 11.8 Å². The molecule has 0 amide bonds. The van der Waals surface area contributed by atoms with E-state index in [1.54, 1.807) is 23.6 Å². The van der Waals surface area contributed by atoms with Crippen LogP contribution in [0.25, 0.3) is 51.1 Å². The maximum absolute atomic E-state index is 7.68. The van der Waals surface area contributed by atoms with Crippen LogP contribution in [0.15, 0.2) is 175 Å². The van der Waals surface area contributed by atoms with Gasteiger partial charge in [0.15, 0.2) is 0 Å². The van der Waals surface area contributed by atoms with Gasteiger partial charge in [0.1, 0.15) is 0 Å². The molecule has 52 heavy (non-hydrogen) atoms. The van der Waals surface area contributed by atoms with Gasteiger partial charge in [0.2, 0.25) is 0 Å². The maximum Gasteiger partial charge on any atom is 0.0725 e. The zero-order valence-electron chi connectivity index (χ0n) is 29.2. The number of allylic oxidation sites excluding steroid dienone is 10. The van der Waals surface area contributed by atoms with Crippen LogP contribution in [0.3, 0.4) is 0 Å². The molecule has 254 valence electrons. The van der Waals surface area contributed by atoms with Crippen molar-refractivity contribution in [3.63, 3.8) is 0 Å². The Kier molecular flexibility index (Phi) is 12.0. The van der Waals surface area contributed by atoms with Gasteiger partial charge in [0.25, 0.3) is 0 Å². The van der Waals surface area contributed by atoms with Crippen molar-refractivity contribution in [1.29, 1.82) is 5.41 Å². The molecule has 2 aromatic carbocycles. The minimum absolute atomic E-state index is 0.0218. The summed E-state index contributed by atoms with van der Waals surface area (Å²) in [6, 6.07) is 20.9. The number of fused-ring (bicyclic) bond motifs is 1. The molecule has 1 atom stereocenters. The van der Waals surface area contributed by atoms with E-state index < -0.39 is 0 Å². The molecule has 0 saturated carbocycles. The van der Waals surface area contributed by atoms with Crippen LogP contribution in [0.5, 0.6) is 0 Å². The van der Waals surface area contributed by atoms with E-state index in [4.69, 9.17) is 10.4 Å². The Hall–Kier alpha value is -6.30. The Balaban J connectivity index is 1.33. The van der Waals surface area contributed by atoms with E-state index in [1.165, 1.54) is 21.9 Å². The van der Waals surface area contributed by atoms with Crippen molar-refractivity contribution in [2.24, 2.45) is 4.99 Å². The standard InChI is InChI=1S/C47H40N4S/c1-4-37(47(51-42-14-6-5-7-15-42)35(3)19-22-41-33-52-46-17-9-8-16-45(41)46)21-18-34(2)38-24-25-43(39(30-38)13-10-27-48)44-26-29-50-32-40(44)23-20-36-12-11-28-49-31-36/h4-14,16-33,42,48H,1,3,15H2,2H3/b13-10-,22-19-,23-20-,34-18+,37-21+,48-27?,51-47?. The summed E-state index contributed by atoms with van der Waals surface area (Å²) < 4.78 is 1.26. The summed E-state index contributed by atoms with van der Waals surface area (Å²) in [4.78, 5) is 13.8. The van der Waals surface area contributed by atoms with E-state index in [0.29, 0.717) is 0 Å². The molecule has 1 aliphatic rings. The molecule has 0 bridgehead atoms. The highest BCUT2D eigenvalue weighted by atomic mass is 32.1. The monoisotopic (exact) mass is 692 g/mol. The van der Waals surface area contributed by atoms with Crippen molar-refractivity contribution in [2.75, 3.05) is 0 Å². The minimum Gasteiger partial charge on any atom is -0.309 e. The van der Waals surface area contributed by atoms with Gasteiger partial charge in [-0.25, -0.2) is 0 Å². The molecule has 0 aliphatic heterocycles. The van der Waals surface area contributed by atoms with E-state index in [0.717, 1.165) is 62.2 Å². The van der Waals surface area contributed by atoms with E-state index in [-0.39, 0.29) is 6.04 Å². The van der Waals surface area contributed by atoms with Gasteiger partial charge in [-0.1, -0.05) is 122 Å². The molecule has 3 heterocycles. The van der Waals surface area contributed by atoms with Gasteiger partial charge in [-0.15, -0.1) is 11.3 Å². The number of hydrogen-bond donors (Lipinski definition) is 1. The van der Waals surface area contributed by atoms with Crippen LogP contribution in [0.2, 0.25) is 0 Å². The molecular formula is C47H40N4S. The zero-order chi connectivity index (χ0) is 36.1. The number of aromatic nitrogens is 2. The van der Waals surface area contributed by atoms with Crippen LogP contribution < -0.4 is 0 Å². The Morgan fingerprint density at radius 3 is 2.56 bits per heavy atom. The third-order valence-electron chi connectivity index (χ3n) is 8.70. The molecule has 1 aliphatic carbocycles. The van der Waals surface area contributed by atoms with Gasteiger partial charge in [-0.05, 0) is 105 Å². The van der Waals surface area contributed by atoms with Crippen LogP contribution in [0, 0.1) is 5.41 Å². The lowest BCUT2D eigenvalue weighted by molar-refractivity contribution is 0.828. The second-order valence-corrected chi connectivity index (χ2v) is 13.1. The number of hydrogen-bond acceptors (Lipinski definition) is 5. The third kappa shape index (κ3) is 8.88. The van der Waals surface area contributed by atoms with Crippen LogP contribution in [0.1, 0.15) is 41.2 Å². The second kappa shape index (κ2) is 17.6. The number of nitrogens with zero attached hydrogens (tertiary/aromatic N) is 3. The third-order valence-corrected chi connectivity index (χ3v) is 9.68. The number of aliphatic imine (C=N–C) groups is 1. The average Bonchev–Trinajstić information content (AvgIpc) is 3.62. The number of pyridine rings is 2. The highest BCUT2D eigenvalue weighted by Gasteiger charge is 2.13. The molecule has 0 saturated heterocycles. The lowest BCUT2D eigenvalue weighted by atomic mass is 9.92. The highest BCUT2D eigenvalue weighted by molar-refractivity contribution is 7.17. The summed E-state index contributed by atoms with van der Waals surface area (Å²) in [7, 11) is 0. The van der Waals surface area contributed by atoms with Crippen LogP contribution in [-0.4, -0.2) is 27.9 Å². The lowest BCUT2D eigenvalue weighted by Gasteiger charge is -2.14. The van der Waals surface area contributed by atoms with Gasteiger partial charge >= 0.3 is 0 Å². The molecule has 3 aromatic heterocycles. The molecule has 4 nitrogen and oxygen atoms in total. The van der Waals surface area contributed by atoms with Crippen LogP contribution in [0.4, 0.5) is 0 Å². The number of nitrogens with one attached hydrogen (secondary N) is 1. The van der Waals surface area contributed by atoms with E-state index in [1.807, 2.05) is 61.1 Å². The van der Waals surface area contributed by atoms with Crippen molar-refractivity contribution < 1.29 is 0 Å². The molecule has 1 unspecified atom stereocenters. The highest BCUT2D eigenvalue weighted by Crippen LogP contribution is 2.32. The van der Waals surface area contributed by atoms with E-state index >= 15 is 0 Å². The molecule has 5 aromatic rings. The fraction of sp³-hybridized carbons (Fsp3) is 0.0638. The Morgan fingerprint density at radius 1 is 0.885 bits per heavy atom. The van der Waals surface area contributed by atoms with Crippen molar-refractivity contribution in [3.8, 4) is 11.1 Å². The van der Waals surface area contributed by atoms with Gasteiger partial charge < -0.3 is 5.41 Å². The quantitative estimate of drug-likeness (QED) is 0.0986. The van der Waals surface area contributed by atoms with Gasteiger partial charge in [0, 0.05) is 41.3 Å². The fourth-order valence-corrected chi connectivity index (χ4v) is 6.84. The summed E-state index contributed by atoms with van der Waals surface area (Å²) in [5, 5.41) is 11.1. The Labute approximate surface area is 310 Å². The lowest BCUT2D eigenvalue weighted by Crippen LogP contribution is -2.10. The summed E-state index contributed by atoms with van der Waals surface area (Å²) in [6.07, 6.45) is 35.9. The number of thiophene rings is 1. The van der Waals surface area contributed by atoms with Gasteiger partial charge in [-0.3, -0.25) is 15.0 Å². The Morgan fingerprint density at radius 2 is 1.75 bits per heavy atom. The molecule has 0 radical (unpaired) electrons. The smallest absolute Gasteiger partial charge is 0.0725 e. The second-order valence-electron chi connectivity index (χ2n) is 12.2. The van der Waals surface area contributed by atoms with E-state index in [9.17, 15) is 0 Å². The molecule has 1 N–H and O–H groups in total. The van der Waals surface area contributed by atoms with Gasteiger partial charge in [-0.2, -0.15) is 0 Å². The van der Waals surface area contributed by atoms with Crippen LogP contribution >= 0.6 is 11.3 Å². The Bertz CT molecular complexity index is 2340.